The summed E-state index contributed by atoms with van der Waals surface area (Å²) in [7, 11) is 0. The second-order valence-corrected chi connectivity index (χ2v) is 7.93. The van der Waals surface area contributed by atoms with Crippen molar-refractivity contribution in [2.45, 2.75) is 6.42 Å². The van der Waals surface area contributed by atoms with Crippen LogP contribution in [0.5, 0.6) is 0 Å². The van der Waals surface area contributed by atoms with Crippen molar-refractivity contribution in [3.05, 3.63) is 36.4 Å². The third-order valence-corrected chi connectivity index (χ3v) is 6.39. The molecule has 5 rings (SSSR count). The molecule has 0 radical (unpaired) electrons. The van der Waals surface area contributed by atoms with Crippen molar-refractivity contribution in [1.82, 2.24) is 4.90 Å². The van der Waals surface area contributed by atoms with Gasteiger partial charge in [0, 0.05) is 13.1 Å². The lowest BCUT2D eigenvalue weighted by Crippen LogP contribution is -2.40. The van der Waals surface area contributed by atoms with Crippen LogP contribution in [0.25, 0.3) is 0 Å². The number of amides is 3. The number of fused-ring (bicyclic) bond motifs is 5. The monoisotopic (exact) mass is 381 g/mol. The lowest BCUT2D eigenvalue weighted by molar-refractivity contribution is -0.143. The Balaban J connectivity index is 1.29. The van der Waals surface area contributed by atoms with E-state index in [0.29, 0.717) is 18.9 Å². The van der Waals surface area contributed by atoms with Gasteiger partial charge in [0.05, 0.1) is 36.4 Å². The van der Waals surface area contributed by atoms with Crippen LogP contribution in [0, 0.1) is 23.7 Å². The molecular formula is C21H23N3O4. The molecule has 146 valence electrons. The highest BCUT2D eigenvalue weighted by Crippen LogP contribution is 2.52. The molecule has 0 spiro atoms. The molecule has 4 unspecified atom stereocenters. The minimum absolute atomic E-state index is 0.154. The van der Waals surface area contributed by atoms with Crippen LogP contribution in [-0.2, 0) is 19.1 Å². The van der Waals surface area contributed by atoms with Gasteiger partial charge in [-0.15, -0.1) is 0 Å². The van der Waals surface area contributed by atoms with Gasteiger partial charge in [0.25, 0.3) is 0 Å². The number of allylic oxidation sites excluding steroid dienone is 2. The lowest BCUT2D eigenvalue weighted by atomic mass is 9.85. The third kappa shape index (κ3) is 2.73. The average Bonchev–Trinajstić information content (AvgIpc) is 3.39. The molecule has 2 bridgehead atoms. The van der Waals surface area contributed by atoms with Gasteiger partial charge in [0.2, 0.25) is 17.7 Å². The first-order valence-corrected chi connectivity index (χ1v) is 9.88. The van der Waals surface area contributed by atoms with E-state index in [-0.39, 0.29) is 47.9 Å². The fraction of sp³-hybridized carbons (Fsp3) is 0.476. The molecule has 28 heavy (non-hydrogen) atoms. The van der Waals surface area contributed by atoms with Gasteiger partial charge in [-0.1, -0.05) is 24.3 Å². The normalized spacial score (nSPS) is 30.9. The highest BCUT2D eigenvalue weighted by atomic mass is 16.5. The Morgan fingerprint density at radius 1 is 1.04 bits per heavy atom. The summed E-state index contributed by atoms with van der Waals surface area (Å²) in [5.74, 6) is -0.954. The summed E-state index contributed by atoms with van der Waals surface area (Å²) >= 11 is 0. The summed E-state index contributed by atoms with van der Waals surface area (Å²) in [5.41, 5.74) is 1.62. The minimum Gasteiger partial charge on any atom is -0.378 e. The second-order valence-electron chi connectivity index (χ2n) is 7.93. The number of nitrogens with one attached hydrogen (secondary N) is 1. The van der Waals surface area contributed by atoms with E-state index in [1.165, 1.54) is 0 Å². The zero-order valence-corrected chi connectivity index (χ0v) is 15.5. The molecule has 1 aromatic rings. The first-order chi connectivity index (χ1) is 13.6. The number of rotatable bonds is 4. The van der Waals surface area contributed by atoms with E-state index in [9.17, 15) is 14.4 Å². The van der Waals surface area contributed by atoms with Gasteiger partial charge < -0.3 is 15.0 Å². The smallest absolute Gasteiger partial charge is 0.244 e. The number of imide groups is 1. The molecule has 4 atom stereocenters. The van der Waals surface area contributed by atoms with Crippen molar-refractivity contribution in [2.24, 2.45) is 23.7 Å². The largest absolute Gasteiger partial charge is 0.378 e. The zero-order chi connectivity index (χ0) is 19.3. The standard InChI is InChI=1S/C21H23N3O4/c25-17(22-15-3-1-2-4-16(15)23-7-9-28-10-8-23)12-24-20(26)18-13-5-6-14(11-13)19(18)21(24)27/h1-6,13-14,18-19H,7-12H2,(H,22,25). The van der Waals surface area contributed by atoms with Crippen molar-refractivity contribution >= 4 is 29.1 Å². The number of morpholine rings is 1. The van der Waals surface area contributed by atoms with Crippen LogP contribution >= 0.6 is 0 Å². The van der Waals surface area contributed by atoms with E-state index in [4.69, 9.17) is 4.74 Å². The quantitative estimate of drug-likeness (QED) is 0.628. The summed E-state index contributed by atoms with van der Waals surface area (Å²) in [5, 5.41) is 2.90. The molecular weight excluding hydrogens is 358 g/mol. The van der Waals surface area contributed by atoms with Crippen LogP contribution in [0.15, 0.2) is 36.4 Å². The summed E-state index contributed by atoms with van der Waals surface area (Å²) in [4.78, 5) is 41.5. The topological polar surface area (TPSA) is 79.0 Å². The highest BCUT2D eigenvalue weighted by Gasteiger charge is 2.59. The Labute approximate surface area is 163 Å². The Hall–Kier alpha value is -2.67. The van der Waals surface area contributed by atoms with Gasteiger partial charge in [0.1, 0.15) is 6.54 Å². The Morgan fingerprint density at radius 3 is 2.36 bits per heavy atom. The molecule has 3 amide bonds. The Morgan fingerprint density at radius 2 is 1.68 bits per heavy atom. The first-order valence-electron chi connectivity index (χ1n) is 9.88. The number of carbonyl (C=O) groups excluding carboxylic acids is 3. The number of anilines is 2. The molecule has 7 nitrogen and oxygen atoms in total. The summed E-state index contributed by atoms with van der Waals surface area (Å²) in [6, 6.07) is 7.59. The molecule has 2 saturated heterocycles. The Kier molecular flexibility index (Phi) is 4.19. The van der Waals surface area contributed by atoms with E-state index in [2.05, 4.69) is 22.4 Å². The van der Waals surface area contributed by atoms with E-state index >= 15 is 0 Å². The zero-order valence-electron chi connectivity index (χ0n) is 15.5. The van der Waals surface area contributed by atoms with Crippen LogP contribution < -0.4 is 10.2 Å². The van der Waals surface area contributed by atoms with E-state index < -0.39 is 0 Å². The number of ether oxygens (including phenoxy) is 1. The third-order valence-electron chi connectivity index (χ3n) is 6.39. The molecule has 0 aromatic heterocycles. The maximum atomic E-state index is 12.8. The van der Waals surface area contributed by atoms with Crippen molar-refractivity contribution < 1.29 is 19.1 Å². The number of hydrogen-bond donors (Lipinski definition) is 1. The molecule has 2 heterocycles. The number of likely N-dealkylation sites (tertiary alicyclic amines) is 1. The van der Waals surface area contributed by atoms with Crippen molar-refractivity contribution in [3.8, 4) is 0 Å². The number of benzene rings is 1. The summed E-state index contributed by atoms with van der Waals surface area (Å²) < 4.78 is 5.40. The van der Waals surface area contributed by atoms with Crippen LogP contribution in [0.4, 0.5) is 11.4 Å². The van der Waals surface area contributed by atoms with E-state index in [1.807, 2.05) is 24.3 Å². The Bertz CT molecular complexity index is 831. The van der Waals surface area contributed by atoms with E-state index in [0.717, 1.165) is 30.1 Å². The van der Waals surface area contributed by atoms with Crippen LogP contribution in [0.3, 0.4) is 0 Å². The molecule has 7 heteroatoms. The molecule has 2 aliphatic heterocycles. The molecule has 1 saturated carbocycles. The molecule has 2 aliphatic carbocycles. The SMILES string of the molecule is O=C(CN1C(=O)C2C3C=CC(C3)C2C1=O)Nc1ccccc1N1CCOCC1. The fourth-order valence-corrected chi connectivity index (χ4v) is 5.11. The summed E-state index contributed by atoms with van der Waals surface area (Å²) in [6.07, 6.45) is 5.00. The highest BCUT2D eigenvalue weighted by molar-refractivity contribution is 6.09. The number of carbonyl (C=O) groups is 3. The maximum absolute atomic E-state index is 12.8. The molecule has 1 N–H and O–H groups in total. The minimum atomic E-state index is -0.345. The maximum Gasteiger partial charge on any atom is 0.244 e. The summed E-state index contributed by atoms with van der Waals surface area (Å²) in [6.45, 7) is 2.60. The number of hydrogen-bond acceptors (Lipinski definition) is 5. The first kappa shape index (κ1) is 17.4. The van der Waals surface area contributed by atoms with Crippen LogP contribution in [0.1, 0.15) is 6.42 Å². The van der Waals surface area contributed by atoms with Gasteiger partial charge in [-0.25, -0.2) is 0 Å². The second kappa shape index (κ2) is 6.74. The number of nitrogens with zero attached hydrogens (tertiary/aromatic N) is 2. The van der Waals surface area contributed by atoms with Gasteiger partial charge >= 0.3 is 0 Å². The van der Waals surface area contributed by atoms with Crippen LogP contribution in [-0.4, -0.2) is 55.5 Å². The fourth-order valence-electron chi connectivity index (χ4n) is 5.11. The van der Waals surface area contributed by atoms with Gasteiger partial charge in [-0.3, -0.25) is 19.3 Å². The lowest BCUT2D eigenvalue weighted by Gasteiger charge is -2.30. The predicted octanol–water partition coefficient (Wildman–Crippen LogP) is 1.27. The van der Waals surface area contributed by atoms with Crippen molar-refractivity contribution in [2.75, 3.05) is 43.1 Å². The van der Waals surface area contributed by atoms with Crippen molar-refractivity contribution in [3.63, 3.8) is 0 Å². The predicted molar refractivity (Wildman–Crippen MR) is 103 cm³/mol. The average molecular weight is 381 g/mol. The van der Waals surface area contributed by atoms with Crippen LogP contribution in [0.2, 0.25) is 0 Å². The van der Waals surface area contributed by atoms with E-state index in [1.54, 1.807) is 0 Å². The van der Waals surface area contributed by atoms with Gasteiger partial charge in [-0.05, 0) is 30.4 Å². The van der Waals surface area contributed by atoms with Crippen molar-refractivity contribution in [1.29, 1.82) is 0 Å². The number of para-hydroxylation sites is 2. The van der Waals surface area contributed by atoms with Gasteiger partial charge in [0.15, 0.2) is 0 Å². The van der Waals surface area contributed by atoms with Gasteiger partial charge in [-0.2, -0.15) is 0 Å². The molecule has 3 fully saturated rings. The molecule has 4 aliphatic rings. The molecule has 1 aromatic carbocycles.